The summed E-state index contributed by atoms with van der Waals surface area (Å²) < 4.78 is 28.0. The second-order valence-corrected chi connectivity index (χ2v) is 7.08. The summed E-state index contributed by atoms with van der Waals surface area (Å²) in [4.78, 5) is 16.0. The molecule has 4 N–H and O–H groups in total. The average Bonchev–Trinajstić information content (AvgIpc) is 2.96. The first-order valence-electron chi connectivity index (χ1n) is 5.97. The third-order valence-corrected chi connectivity index (χ3v) is 5.06. The number of anilines is 1. The van der Waals surface area contributed by atoms with Crippen LogP contribution in [0.5, 0.6) is 0 Å². The minimum absolute atomic E-state index is 0.0769. The first-order valence-corrected chi connectivity index (χ1v) is 8.34. The molecule has 0 aromatic carbocycles. The maximum absolute atomic E-state index is 12.2. The lowest BCUT2D eigenvalue weighted by Crippen LogP contribution is -2.38. The van der Waals surface area contributed by atoms with Crippen LogP contribution in [0.2, 0.25) is 0 Å². The molecule has 0 atom stereocenters. The molecule has 1 saturated carbocycles. The molecule has 108 valence electrons. The number of rotatable bonds is 5. The number of amides is 1. The van der Waals surface area contributed by atoms with Gasteiger partial charge in [-0.05, 0) is 12.8 Å². The molecule has 8 nitrogen and oxygen atoms in total. The van der Waals surface area contributed by atoms with Crippen LogP contribution in [0.25, 0.3) is 4.96 Å². The fourth-order valence-corrected chi connectivity index (χ4v) is 3.75. The van der Waals surface area contributed by atoms with Crippen molar-refractivity contribution in [1.82, 2.24) is 19.4 Å². The summed E-state index contributed by atoms with van der Waals surface area (Å²) in [7, 11) is -3.88. The molecule has 20 heavy (non-hydrogen) atoms. The zero-order valence-electron chi connectivity index (χ0n) is 10.4. The zero-order valence-corrected chi connectivity index (χ0v) is 12.0. The van der Waals surface area contributed by atoms with Crippen LogP contribution in [0.4, 0.5) is 5.82 Å². The van der Waals surface area contributed by atoms with E-state index in [-0.39, 0.29) is 29.3 Å². The number of nitrogens with two attached hydrogens (primary N) is 1. The molecule has 0 aliphatic heterocycles. The average molecular weight is 315 g/mol. The van der Waals surface area contributed by atoms with Gasteiger partial charge in [-0.3, -0.25) is 9.20 Å². The molecule has 1 amide bonds. The summed E-state index contributed by atoms with van der Waals surface area (Å²) in [6.07, 6.45) is 3.47. The Labute approximate surface area is 119 Å². The Morgan fingerprint density at radius 1 is 1.55 bits per heavy atom. The Kier molecular flexibility index (Phi) is 3.15. The highest BCUT2D eigenvalue weighted by atomic mass is 32.2. The van der Waals surface area contributed by atoms with E-state index in [2.05, 4.69) is 15.0 Å². The molecule has 2 aromatic heterocycles. The molecule has 0 spiro atoms. The van der Waals surface area contributed by atoms with Crippen LogP contribution in [-0.4, -0.2) is 36.3 Å². The number of aromatic nitrogens is 2. The maximum Gasteiger partial charge on any atom is 0.260 e. The fourth-order valence-electron chi connectivity index (χ4n) is 1.78. The standard InChI is InChI=1S/C10H13N5O3S2/c11-8-9(15-3-4-19-10(15)14-8)20(17,18)12-5-7(16)13-6-1-2-6/h3-4,6,12H,1-2,5,11H2,(H,13,16). The monoisotopic (exact) mass is 315 g/mol. The third-order valence-electron chi connectivity index (χ3n) is 2.86. The van der Waals surface area contributed by atoms with Crippen molar-refractivity contribution < 1.29 is 13.2 Å². The number of nitrogens with one attached hydrogen (secondary N) is 2. The largest absolute Gasteiger partial charge is 0.381 e. The van der Waals surface area contributed by atoms with E-state index in [1.807, 2.05) is 0 Å². The lowest BCUT2D eigenvalue weighted by Gasteiger charge is -2.06. The molecular formula is C10H13N5O3S2. The van der Waals surface area contributed by atoms with Gasteiger partial charge in [0.2, 0.25) is 5.91 Å². The van der Waals surface area contributed by atoms with E-state index in [4.69, 9.17) is 5.73 Å². The smallest absolute Gasteiger partial charge is 0.260 e. The molecule has 0 unspecified atom stereocenters. The summed E-state index contributed by atoms with van der Waals surface area (Å²) >= 11 is 1.28. The number of hydrogen-bond acceptors (Lipinski definition) is 6. The number of carbonyl (C=O) groups is 1. The molecule has 1 fully saturated rings. The number of hydrogen-bond donors (Lipinski definition) is 3. The number of carbonyl (C=O) groups excluding carboxylic acids is 1. The van der Waals surface area contributed by atoms with Crippen molar-refractivity contribution >= 4 is 38.0 Å². The van der Waals surface area contributed by atoms with E-state index in [9.17, 15) is 13.2 Å². The van der Waals surface area contributed by atoms with E-state index < -0.39 is 10.0 Å². The number of nitrogen functional groups attached to an aromatic ring is 1. The van der Waals surface area contributed by atoms with Crippen molar-refractivity contribution in [3.63, 3.8) is 0 Å². The van der Waals surface area contributed by atoms with Gasteiger partial charge in [-0.15, -0.1) is 11.3 Å². The van der Waals surface area contributed by atoms with Crippen LogP contribution < -0.4 is 15.8 Å². The minimum atomic E-state index is -3.88. The number of imidazole rings is 1. The predicted octanol–water partition coefficient (Wildman–Crippen LogP) is -0.465. The van der Waals surface area contributed by atoms with Gasteiger partial charge in [0.05, 0.1) is 6.54 Å². The van der Waals surface area contributed by atoms with Crippen molar-refractivity contribution in [2.75, 3.05) is 12.3 Å². The van der Waals surface area contributed by atoms with Crippen LogP contribution >= 0.6 is 11.3 Å². The minimum Gasteiger partial charge on any atom is -0.381 e. The number of sulfonamides is 1. The van der Waals surface area contributed by atoms with Crippen molar-refractivity contribution in [2.24, 2.45) is 0 Å². The second kappa shape index (κ2) is 4.72. The lowest BCUT2D eigenvalue weighted by molar-refractivity contribution is -0.120. The molecule has 0 bridgehead atoms. The fraction of sp³-hybridized carbons (Fsp3) is 0.400. The summed E-state index contributed by atoms with van der Waals surface area (Å²) in [5.74, 6) is -0.423. The first kappa shape index (κ1) is 13.3. The van der Waals surface area contributed by atoms with Gasteiger partial charge in [-0.25, -0.2) is 18.1 Å². The predicted molar refractivity (Wildman–Crippen MR) is 73.8 cm³/mol. The van der Waals surface area contributed by atoms with Crippen molar-refractivity contribution in [1.29, 1.82) is 0 Å². The van der Waals surface area contributed by atoms with E-state index >= 15 is 0 Å². The SMILES string of the molecule is Nc1nc2sccn2c1S(=O)(=O)NCC(=O)NC1CC1. The molecule has 1 aliphatic rings. The molecule has 2 aromatic rings. The Hall–Kier alpha value is -1.65. The van der Waals surface area contributed by atoms with Crippen molar-refractivity contribution in [3.8, 4) is 0 Å². The maximum atomic E-state index is 12.2. The molecule has 10 heteroatoms. The van der Waals surface area contributed by atoms with Gasteiger partial charge >= 0.3 is 0 Å². The van der Waals surface area contributed by atoms with Gasteiger partial charge in [-0.1, -0.05) is 0 Å². The van der Waals surface area contributed by atoms with Gasteiger partial charge < -0.3 is 11.1 Å². The van der Waals surface area contributed by atoms with Crippen LogP contribution in [0, 0.1) is 0 Å². The second-order valence-electron chi connectivity index (χ2n) is 4.52. The van der Waals surface area contributed by atoms with E-state index in [1.165, 1.54) is 15.7 Å². The highest BCUT2D eigenvalue weighted by molar-refractivity contribution is 7.89. The number of thiazole rings is 1. The Balaban J connectivity index is 1.78. The third kappa shape index (κ3) is 2.49. The highest BCUT2D eigenvalue weighted by Crippen LogP contribution is 2.23. The van der Waals surface area contributed by atoms with Crippen LogP contribution in [0.3, 0.4) is 0 Å². The summed E-state index contributed by atoms with van der Waals surface area (Å²) in [5, 5.41) is 4.28. The van der Waals surface area contributed by atoms with Crippen molar-refractivity contribution in [3.05, 3.63) is 11.6 Å². The van der Waals surface area contributed by atoms with Gasteiger partial charge in [-0.2, -0.15) is 0 Å². The van der Waals surface area contributed by atoms with Gasteiger partial charge in [0.1, 0.15) is 0 Å². The van der Waals surface area contributed by atoms with E-state index in [0.29, 0.717) is 4.96 Å². The first-order chi connectivity index (χ1) is 9.47. The highest BCUT2D eigenvalue weighted by Gasteiger charge is 2.27. The van der Waals surface area contributed by atoms with Crippen LogP contribution in [0.1, 0.15) is 12.8 Å². The van der Waals surface area contributed by atoms with Gasteiger partial charge in [0, 0.05) is 17.6 Å². The van der Waals surface area contributed by atoms with Crippen molar-refractivity contribution in [2.45, 2.75) is 23.9 Å². The number of nitrogens with zero attached hydrogens (tertiary/aromatic N) is 2. The molecule has 0 saturated heterocycles. The quantitative estimate of drug-likeness (QED) is 0.689. The van der Waals surface area contributed by atoms with Gasteiger partial charge in [0.15, 0.2) is 15.8 Å². The molecule has 3 rings (SSSR count). The van der Waals surface area contributed by atoms with Crippen LogP contribution in [-0.2, 0) is 14.8 Å². The van der Waals surface area contributed by atoms with E-state index in [0.717, 1.165) is 12.8 Å². The van der Waals surface area contributed by atoms with E-state index in [1.54, 1.807) is 11.6 Å². The summed E-state index contributed by atoms with van der Waals surface area (Å²) in [5.41, 5.74) is 5.64. The Bertz CT molecular complexity index is 759. The molecule has 0 radical (unpaired) electrons. The lowest BCUT2D eigenvalue weighted by atomic mass is 10.5. The normalized spacial score (nSPS) is 15.6. The van der Waals surface area contributed by atoms with Crippen LogP contribution in [0.15, 0.2) is 16.6 Å². The molecule has 1 aliphatic carbocycles. The number of fused-ring (bicyclic) bond motifs is 1. The summed E-state index contributed by atoms with van der Waals surface area (Å²) in [6.45, 7) is -0.310. The van der Waals surface area contributed by atoms with Gasteiger partial charge in [0.25, 0.3) is 10.0 Å². The topological polar surface area (TPSA) is 119 Å². The molecule has 2 heterocycles. The Morgan fingerprint density at radius 2 is 2.30 bits per heavy atom. The molecular weight excluding hydrogens is 302 g/mol. The summed E-state index contributed by atoms with van der Waals surface area (Å²) in [6, 6.07) is 0.190. The Morgan fingerprint density at radius 3 is 3.00 bits per heavy atom. The zero-order chi connectivity index (χ0) is 14.3.